The molecule has 0 aliphatic rings. The number of halogens is 1. The minimum absolute atomic E-state index is 0.00169. The Morgan fingerprint density at radius 3 is 2.60 bits per heavy atom. The summed E-state index contributed by atoms with van der Waals surface area (Å²) in [6.45, 7) is 2.92. The largest absolute Gasteiger partial charge is 0.481 e. The number of benzene rings is 1. The number of nitrogens with one attached hydrogen (secondary N) is 1. The smallest absolute Gasteiger partial charge is 0.311 e. The number of hydrogen-bond acceptors (Lipinski definition) is 3. The summed E-state index contributed by atoms with van der Waals surface area (Å²) in [4.78, 5) is 22.6. The van der Waals surface area contributed by atoms with Crippen LogP contribution in [0.3, 0.4) is 0 Å². The number of amides is 1. The molecule has 1 unspecified atom stereocenters. The molecule has 0 aliphatic heterocycles. The maximum Gasteiger partial charge on any atom is 0.311 e. The van der Waals surface area contributed by atoms with Crippen molar-refractivity contribution in [3.8, 4) is 5.75 Å². The summed E-state index contributed by atoms with van der Waals surface area (Å²) in [6, 6.07) is 5.75. The second-order valence-corrected chi connectivity index (χ2v) is 4.72. The lowest BCUT2D eigenvalue weighted by Crippen LogP contribution is -2.42. The third kappa shape index (κ3) is 4.22. The lowest BCUT2D eigenvalue weighted by molar-refractivity contribution is -0.148. The highest BCUT2D eigenvalue weighted by atomic mass is 19.1. The Balaban J connectivity index is 2.45. The minimum atomic E-state index is -1.02. The van der Waals surface area contributed by atoms with Gasteiger partial charge in [0.25, 0.3) is 5.91 Å². The molecule has 1 amide bonds. The van der Waals surface area contributed by atoms with E-state index in [0.29, 0.717) is 6.42 Å². The molecule has 1 rings (SSSR count). The van der Waals surface area contributed by atoms with Crippen LogP contribution in [0.25, 0.3) is 0 Å². The Morgan fingerprint density at radius 1 is 1.40 bits per heavy atom. The lowest BCUT2D eigenvalue weighted by atomic mass is 9.88. The number of carboxylic acid groups (broad SMARTS) is 1. The monoisotopic (exact) mass is 283 g/mol. The highest BCUT2D eigenvalue weighted by Gasteiger charge is 2.31. The van der Waals surface area contributed by atoms with E-state index in [0.717, 1.165) is 0 Å². The highest BCUT2D eigenvalue weighted by Crippen LogP contribution is 2.20. The summed E-state index contributed by atoms with van der Waals surface area (Å²) in [5.74, 6) is -2.03. The molecule has 1 atom stereocenters. The van der Waals surface area contributed by atoms with Crippen LogP contribution in [0.5, 0.6) is 5.75 Å². The van der Waals surface area contributed by atoms with E-state index >= 15 is 0 Å². The summed E-state index contributed by atoms with van der Waals surface area (Å²) < 4.78 is 18.3. The van der Waals surface area contributed by atoms with Crippen LogP contribution in [0.15, 0.2) is 24.3 Å². The van der Waals surface area contributed by atoms with Gasteiger partial charge in [0.1, 0.15) is 0 Å². The van der Waals surface area contributed by atoms with Crippen LogP contribution < -0.4 is 10.1 Å². The van der Waals surface area contributed by atoms with E-state index in [1.54, 1.807) is 19.9 Å². The van der Waals surface area contributed by atoms with Crippen LogP contribution in [0.1, 0.15) is 20.3 Å². The molecule has 0 spiro atoms. The predicted octanol–water partition coefficient (Wildman–Crippen LogP) is 1.82. The first-order valence-corrected chi connectivity index (χ1v) is 6.26. The van der Waals surface area contributed by atoms with Crippen molar-refractivity contribution in [2.75, 3.05) is 13.2 Å². The van der Waals surface area contributed by atoms with Gasteiger partial charge in [0.15, 0.2) is 18.2 Å². The van der Waals surface area contributed by atoms with Crippen molar-refractivity contribution in [2.45, 2.75) is 20.3 Å². The first-order valence-electron chi connectivity index (χ1n) is 6.26. The molecule has 5 nitrogen and oxygen atoms in total. The van der Waals surface area contributed by atoms with Crippen LogP contribution >= 0.6 is 0 Å². The molecule has 1 aromatic rings. The topological polar surface area (TPSA) is 75.6 Å². The molecule has 110 valence electrons. The summed E-state index contributed by atoms with van der Waals surface area (Å²) in [5.41, 5.74) is -1.02. The zero-order valence-corrected chi connectivity index (χ0v) is 11.5. The van der Waals surface area contributed by atoms with Gasteiger partial charge in [-0.25, -0.2) is 4.39 Å². The summed E-state index contributed by atoms with van der Waals surface area (Å²) in [5, 5.41) is 11.5. The van der Waals surface area contributed by atoms with Crippen molar-refractivity contribution in [3.05, 3.63) is 30.1 Å². The van der Waals surface area contributed by atoms with E-state index in [-0.39, 0.29) is 18.9 Å². The molecule has 6 heteroatoms. The Hall–Kier alpha value is -2.11. The van der Waals surface area contributed by atoms with Gasteiger partial charge in [0, 0.05) is 6.54 Å². The van der Waals surface area contributed by atoms with E-state index < -0.39 is 23.1 Å². The predicted molar refractivity (Wildman–Crippen MR) is 70.9 cm³/mol. The molecular weight excluding hydrogens is 265 g/mol. The van der Waals surface area contributed by atoms with Gasteiger partial charge in [-0.15, -0.1) is 0 Å². The van der Waals surface area contributed by atoms with Crippen molar-refractivity contribution < 1.29 is 23.8 Å². The molecule has 0 saturated carbocycles. The van der Waals surface area contributed by atoms with E-state index in [2.05, 4.69) is 5.32 Å². The highest BCUT2D eigenvalue weighted by molar-refractivity contribution is 5.79. The van der Waals surface area contributed by atoms with Gasteiger partial charge in [-0.05, 0) is 25.5 Å². The number of hydrogen-bond donors (Lipinski definition) is 2. The van der Waals surface area contributed by atoms with E-state index in [9.17, 15) is 14.0 Å². The molecule has 2 N–H and O–H groups in total. The van der Waals surface area contributed by atoms with Crippen LogP contribution in [0, 0.1) is 11.2 Å². The number of carbonyl (C=O) groups is 2. The molecule has 20 heavy (non-hydrogen) atoms. The molecule has 0 heterocycles. The van der Waals surface area contributed by atoms with Gasteiger partial charge in [0.2, 0.25) is 0 Å². The molecule has 0 fully saturated rings. The molecule has 0 radical (unpaired) electrons. The van der Waals surface area contributed by atoms with Crippen molar-refractivity contribution in [3.63, 3.8) is 0 Å². The molecular formula is C14H18FNO4. The fraction of sp³-hybridized carbons (Fsp3) is 0.429. The normalized spacial score (nSPS) is 13.3. The van der Waals surface area contributed by atoms with Crippen LogP contribution in [-0.4, -0.2) is 30.1 Å². The maximum atomic E-state index is 13.2. The Labute approximate surface area is 116 Å². The number of carbonyl (C=O) groups excluding carboxylic acids is 1. The van der Waals surface area contributed by atoms with Gasteiger partial charge in [-0.1, -0.05) is 19.1 Å². The number of aliphatic carboxylic acids is 1. The van der Waals surface area contributed by atoms with Crippen LogP contribution in [0.4, 0.5) is 4.39 Å². The van der Waals surface area contributed by atoms with Crippen LogP contribution in [0.2, 0.25) is 0 Å². The number of para-hydroxylation sites is 1. The van der Waals surface area contributed by atoms with Gasteiger partial charge in [-0.3, -0.25) is 9.59 Å². The Bertz CT molecular complexity index is 492. The fourth-order valence-electron chi connectivity index (χ4n) is 1.40. The Kier molecular flexibility index (Phi) is 5.49. The standard InChI is InChI=1S/C14H18FNO4/c1-3-14(2,13(18)19)9-16-12(17)8-20-11-7-5-4-6-10(11)15/h4-7H,3,8-9H2,1-2H3,(H,16,17)(H,18,19). The first-order chi connectivity index (χ1) is 9.39. The second kappa shape index (κ2) is 6.88. The molecule has 0 aromatic heterocycles. The van der Waals surface area contributed by atoms with Crippen molar-refractivity contribution >= 4 is 11.9 Å². The second-order valence-electron chi connectivity index (χ2n) is 4.72. The summed E-state index contributed by atoms with van der Waals surface area (Å²) in [6.07, 6.45) is 0.386. The molecule has 0 aliphatic carbocycles. The van der Waals surface area contributed by atoms with Crippen LogP contribution in [-0.2, 0) is 9.59 Å². The lowest BCUT2D eigenvalue weighted by Gasteiger charge is -2.23. The number of rotatable bonds is 7. The molecule has 0 saturated heterocycles. The molecule has 0 bridgehead atoms. The quantitative estimate of drug-likeness (QED) is 0.800. The third-order valence-electron chi connectivity index (χ3n) is 3.17. The first kappa shape index (κ1) is 15.9. The van der Waals surface area contributed by atoms with Gasteiger partial charge >= 0.3 is 5.97 Å². The van der Waals surface area contributed by atoms with Crippen molar-refractivity contribution in [1.29, 1.82) is 0 Å². The van der Waals surface area contributed by atoms with Crippen molar-refractivity contribution in [1.82, 2.24) is 5.32 Å². The summed E-state index contributed by atoms with van der Waals surface area (Å²) >= 11 is 0. The zero-order chi connectivity index (χ0) is 15.2. The SMILES string of the molecule is CCC(C)(CNC(=O)COc1ccccc1F)C(=O)O. The average molecular weight is 283 g/mol. The minimum Gasteiger partial charge on any atom is -0.481 e. The number of ether oxygens (including phenoxy) is 1. The van der Waals surface area contributed by atoms with Gasteiger partial charge < -0.3 is 15.2 Å². The summed E-state index contributed by atoms with van der Waals surface area (Å²) in [7, 11) is 0. The van der Waals surface area contributed by atoms with E-state index in [1.165, 1.54) is 18.2 Å². The molecule has 1 aromatic carbocycles. The Morgan fingerprint density at radius 2 is 2.05 bits per heavy atom. The van der Waals surface area contributed by atoms with Gasteiger partial charge in [-0.2, -0.15) is 0 Å². The zero-order valence-electron chi connectivity index (χ0n) is 11.5. The van der Waals surface area contributed by atoms with Crippen molar-refractivity contribution in [2.24, 2.45) is 5.41 Å². The fourth-order valence-corrected chi connectivity index (χ4v) is 1.40. The van der Waals surface area contributed by atoms with Gasteiger partial charge in [0.05, 0.1) is 5.41 Å². The van der Waals surface area contributed by atoms with E-state index in [4.69, 9.17) is 9.84 Å². The number of carboxylic acids is 1. The maximum absolute atomic E-state index is 13.2. The average Bonchev–Trinajstić information content (AvgIpc) is 2.43. The third-order valence-corrected chi connectivity index (χ3v) is 3.17. The van der Waals surface area contributed by atoms with E-state index in [1.807, 2.05) is 0 Å².